The van der Waals surface area contributed by atoms with Crippen LogP contribution in [0, 0.1) is 0 Å². The number of rotatable bonds is 2. The Morgan fingerprint density at radius 1 is 1.64 bits per heavy atom. The van der Waals surface area contributed by atoms with Crippen LogP contribution in [-0.2, 0) is 17.8 Å². The lowest BCUT2D eigenvalue weighted by atomic mass is 10.1. The van der Waals surface area contributed by atoms with E-state index in [9.17, 15) is 0 Å². The third-order valence-electron chi connectivity index (χ3n) is 2.84. The van der Waals surface area contributed by atoms with Gasteiger partial charge in [-0.2, -0.15) is 0 Å². The number of nitrogens with zero attached hydrogens (tertiary/aromatic N) is 2. The molecule has 1 aliphatic rings. The van der Waals surface area contributed by atoms with Gasteiger partial charge in [-0.15, -0.1) is 0 Å². The topological polar surface area (TPSA) is 53.1 Å². The first-order valence-corrected chi connectivity index (χ1v) is 5.08. The number of imidazole rings is 1. The van der Waals surface area contributed by atoms with Crippen molar-refractivity contribution < 1.29 is 4.74 Å². The van der Waals surface area contributed by atoms with Crippen LogP contribution in [0.2, 0.25) is 0 Å². The molecule has 0 aliphatic carbocycles. The smallest absolute Gasteiger partial charge is 0.129 e. The molecule has 14 heavy (non-hydrogen) atoms. The highest BCUT2D eigenvalue weighted by Crippen LogP contribution is 2.29. The van der Waals surface area contributed by atoms with E-state index in [1.807, 2.05) is 0 Å². The highest BCUT2D eigenvalue weighted by Gasteiger charge is 2.22. The average molecular weight is 195 g/mol. The summed E-state index contributed by atoms with van der Waals surface area (Å²) in [6.45, 7) is 2.70. The molecule has 2 rings (SSSR count). The number of ether oxygens (including phenoxy) is 1. The highest BCUT2D eigenvalue weighted by atomic mass is 16.5. The van der Waals surface area contributed by atoms with Gasteiger partial charge in [0.05, 0.1) is 6.61 Å². The number of hydrogen-bond donors (Lipinski definition) is 1. The fourth-order valence-electron chi connectivity index (χ4n) is 2.14. The third kappa shape index (κ3) is 1.39. The summed E-state index contributed by atoms with van der Waals surface area (Å²) in [5, 5.41) is 0. The molecule has 4 heteroatoms. The van der Waals surface area contributed by atoms with Crippen molar-refractivity contribution in [2.24, 2.45) is 0 Å². The lowest BCUT2D eigenvalue weighted by Crippen LogP contribution is -2.17. The molecule has 2 N–H and O–H groups in total. The van der Waals surface area contributed by atoms with Gasteiger partial charge in [0.2, 0.25) is 0 Å². The molecule has 1 atom stereocenters. The van der Waals surface area contributed by atoms with Crippen molar-refractivity contribution in [2.75, 3.05) is 12.8 Å². The van der Waals surface area contributed by atoms with Crippen molar-refractivity contribution in [3.8, 4) is 0 Å². The average Bonchev–Trinajstić information content (AvgIpc) is 2.46. The molecule has 0 saturated carbocycles. The van der Waals surface area contributed by atoms with Crippen LogP contribution < -0.4 is 5.73 Å². The van der Waals surface area contributed by atoms with Gasteiger partial charge in [0.1, 0.15) is 17.3 Å². The second kappa shape index (κ2) is 3.61. The Morgan fingerprint density at radius 3 is 3.07 bits per heavy atom. The van der Waals surface area contributed by atoms with Crippen molar-refractivity contribution >= 4 is 5.82 Å². The molecule has 4 nitrogen and oxygen atoms in total. The van der Waals surface area contributed by atoms with Gasteiger partial charge in [0.15, 0.2) is 0 Å². The summed E-state index contributed by atoms with van der Waals surface area (Å²) in [5.74, 6) is 1.90. The summed E-state index contributed by atoms with van der Waals surface area (Å²) in [5.41, 5.74) is 6.91. The molecule has 1 unspecified atom stereocenters. The van der Waals surface area contributed by atoms with Gasteiger partial charge in [-0.25, -0.2) is 4.98 Å². The van der Waals surface area contributed by atoms with Crippen LogP contribution in [0.5, 0.6) is 0 Å². The van der Waals surface area contributed by atoms with E-state index in [-0.39, 0.29) is 0 Å². The van der Waals surface area contributed by atoms with Crippen LogP contribution in [0.3, 0.4) is 0 Å². The second-order valence-corrected chi connectivity index (χ2v) is 3.90. The number of nitrogens with two attached hydrogens (primary N) is 1. The second-order valence-electron chi connectivity index (χ2n) is 3.90. The zero-order chi connectivity index (χ0) is 10.1. The molecular formula is C10H17N3O. The quantitative estimate of drug-likeness (QED) is 0.778. The maximum atomic E-state index is 6.02. The largest absolute Gasteiger partial charge is 0.383 e. The zero-order valence-electron chi connectivity index (χ0n) is 8.79. The van der Waals surface area contributed by atoms with Crippen molar-refractivity contribution in [2.45, 2.75) is 38.8 Å². The minimum absolute atomic E-state index is 0.483. The third-order valence-corrected chi connectivity index (χ3v) is 2.84. The number of aryl methyl sites for hydroxylation is 1. The minimum Gasteiger partial charge on any atom is -0.383 e. The van der Waals surface area contributed by atoms with Crippen LogP contribution in [0.1, 0.15) is 37.3 Å². The molecule has 0 amide bonds. The Bertz CT molecular complexity index is 332. The van der Waals surface area contributed by atoms with Crippen LogP contribution in [0.15, 0.2) is 0 Å². The van der Waals surface area contributed by atoms with Crippen LogP contribution in [0.25, 0.3) is 0 Å². The minimum atomic E-state index is 0.483. The number of methoxy groups -OCH3 is 1. The van der Waals surface area contributed by atoms with Crippen molar-refractivity contribution in [3.05, 3.63) is 11.5 Å². The Labute approximate surface area is 84.1 Å². The van der Waals surface area contributed by atoms with Gasteiger partial charge in [-0.05, 0) is 19.8 Å². The van der Waals surface area contributed by atoms with Crippen molar-refractivity contribution in [3.63, 3.8) is 0 Å². The fraction of sp³-hybridized carbons (Fsp3) is 0.700. The van der Waals surface area contributed by atoms with Gasteiger partial charge >= 0.3 is 0 Å². The lowest BCUT2D eigenvalue weighted by molar-refractivity contribution is 0.182. The number of hydrogen-bond acceptors (Lipinski definition) is 3. The number of anilines is 1. The standard InChI is InChI=1S/C10H17N3O/c1-7-4-3-5-9-12-8(6-14-2)10(11)13(7)9/h7H,3-6,11H2,1-2H3. The van der Waals surface area contributed by atoms with E-state index in [1.165, 1.54) is 12.8 Å². The predicted octanol–water partition coefficient (Wildman–Crippen LogP) is 1.51. The number of aromatic nitrogens is 2. The van der Waals surface area contributed by atoms with E-state index in [1.54, 1.807) is 7.11 Å². The van der Waals surface area contributed by atoms with Gasteiger partial charge in [0, 0.05) is 19.6 Å². The molecule has 1 aromatic rings. The molecule has 0 bridgehead atoms. The Morgan fingerprint density at radius 2 is 2.43 bits per heavy atom. The molecule has 78 valence electrons. The summed E-state index contributed by atoms with van der Waals surface area (Å²) >= 11 is 0. The predicted molar refractivity (Wildman–Crippen MR) is 55.0 cm³/mol. The van der Waals surface area contributed by atoms with Crippen LogP contribution in [0.4, 0.5) is 5.82 Å². The van der Waals surface area contributed by atoms with Gasteiger partial charge in [-0.3, -0.25) is 0 Å². The summed E-state index contributed by atoms with van der Waals surface area (Å²) < 4.78 is 7.22. The zero-order valence-corrected chi connectivity index (χ0v) is 8.79. The molecule has 2 heterocycles. The number of fused-ring (bicyclic) bond motifs is 1. The van der Waals surface area contributed by atoms with Gasteiger partial charge < -0.3 is 15.0 Å². The maximum Gasteiger partial charge on any atom is 0.129 e. The normalized spacial score (nSPS) is 20.9. The Balaban J connectivity index is 2.39. The van der Waals surface area contributed by atoms with E-state index in [0.717, 1.165) is 23.8 Å². The first-order valence-electron chi connectivity index (χ1n) is 5.08. The molecule has 0 saturated heterocycles. The van der Waals surface area contributed by atoms with Gasteiger partial charge in [-0.1, -0.05) is 0 Å². The first kappa shape index (κ1) is 9.52. The maximum absolute atomic E-state index is 6.02. The fourth-order valence-corrected chi connectivity index (χ4v) is 2.14. The molecular weight excluding hydrogens is 178 g/mol. The highest BCUT2D eigenvalue weighted by molar-refractivity contribution is 5.39. The van der Waals surface area contributed by atoms with E-state index in [0.29, 0.717) is 12.6 Å². The van der Waals surface area contributed by atoms with E-state index in [4.69, 9.17) is 10.5 Å². The van der Waals surface area contributed by atoms with E-state index < -0.39 is 0 Å². The Hall–Kier alpha value is -1.03. The van der Waals surface area contributed by atoms with Gasteiger partial charge in [0.25, 0.3) is 0 Å². The molecule has 1 aliphatic heterocycles. The number of nitrogen functional groups attached to an aromatic ring is 1. The molecule has 0 fully saturated rings. The lowest BCUT2D eigenvalue weighted by Gasteiger charge is -2.22. The summed E-state index contributed by atoms with van der Waals surface area (Å²) in [6.07, 6.45) is 3.45. The molecule has 0 radical (unpaired) electrons. The Kier molecular flexibility index (Phi) is 2.46. The first-order chi connectivity index (χ1) is 6.74. The van der Waals surface area contributed by atoms with E-state index in [2.05, 4.69) is 16.5 Å². The van der Waals surface area contributed by atoms with Crippen LogP contribution >= 0.6 is 0 Å². The van der Waals surface area contributed by atoms with Crippen molar-refractivity contribution in [1.29, 1.82) is 0 Å². The summed E-state index contributed by atoms with van der Waals surface area (Å²) in [7, 11) is 1.67. The SMILES string of the molecule is COCc1nc2n(c1N)C(C)CCC2. The summed E-state index contributed by atoms with van der Waals surface area (Å²) in [6, 6.07) is 0.483. The van der Waals surface area contributed by atoms with Crippen LogP contribution in [-0.4, -0.2) is 16.7 Å². The summed E-state index contributed by atoms with van der Waals surface area (Å²) in [4.78, 5) is 4.50. The van der Waals surface area contributed by atoms with Crippen molar-refractivity contribution in [1.82, 2.24) is 9.55 Å². The van der Waals surface area contributed by atoms with E-state index >= 15 is 0 Å². The monoisotopic (exact) mass is 195 g/mol. The molecule has 0 aromatic carbocycles. The molecule has 0 spiro atoms. The molecule has 1 aromatic heterocycles.